The molecule has 2 aromatic rings. The van der Waals surface area contributed by atoms with Crippen LogP contribution in [0.15, 0.2) is 58.4 Å². The van der Waals surface area contributed by atoms with E-state index in [4.69, 9.17) is 9.47 Å². The number of aliphatic imine (C=N–C) groups is 1. The van der Waals surface area contributed by atoms with E-state index in [-0.39, 0.29) is 30.5 Å². The van der Waals surface area contributed by atoms with Crippen LogP contribution in [0.25, 0.3) is 6.08 Å². The molecule has 1 saturated heterocycles. The summed E-state index contributed by atoms with van der Waals surface area (Å²) in [7, 11) is 1.53. The number of hydrogen-bond donors (Lipinski definition) is 1. The Bertz CT molecular complexity index is 1060. The molecule has 0 spiro atoms. The summed E-state index contributed by atoms with van der Waals surface area (Å²) in [6.07, 6.45) is 1.82. The number of carbonyl (C=O) groups is 2. The normalized spacial score (nSPS) is 16.2. The van der Waals surface area contributed by atoms with E-state index in [9.17, 15) is 9.59 Å². The summed E-state index contributed by atoms with van der Waals surface area (Å²) in [6, 6.07) is 14.6. The van der Waals surface area contributed by atoms with Crippen molar-refractivity contribution in [2.24, 2.45) is 4.99 Å². The number of nitrogens with zero attached hydrogens (tertiary/aromatic N) is 2. The molecule has 1 heterocycles. The van der Waals surface area contributed by atoms with Crippen LogP contribution in [0.2, 0.25) is 0 Å². The third-order valence-electron chi connectivity index (χ3n) is 4.62. The van der Waals surface area contributed by atoms with Crippen LogP contribution in [-0.2, 0) is 9.59 Å². The van der Waals surface area contributed by atoms with Gasteiger partial charge in [-0.05, 0) is 75.4 Å². The summed E-state index contributed by atoms with van der Waals surface area (Å²) < 4.78 is 11.1. The second-order valence-electron chi connectivity index (χ2n) is 8.00. The molecule has 8 heteroatoms. The fourth-order valence-corrected chi connectivity index (χ4v) is 4.39. The summed E-state index contributed by atoms with van der Waals surface area (Å²) in [4.78, 5) is 32.0. The Hall–Kier alpha value is -3.26. The number of carbonyl (C=O) groups excluding carboxylic acids is 2. The third kappa shape index (κ3) is 6.38. The molecule has 2 aromatic carbocycles. The lowest BCUT2D eigenvalue weighted by atomic mass is 10.1. The highest BCUT2D eigenvalue weighted by molar-refractivity contribution is 8.18. The van der Waals surface area contributed by atoms with Gasteiger partial charge < -0.3 is 14.8 Å². The van der Waals surface area contributed by atoms with Gasteiger partial charge in [-0.15, -0.1) is 0 Å². The van der Waals surface area contributed by atoms with Gasteiger partial charge in [0.05, 0.1) is 12.0 Å². The smallest absolute Gasteiger partial charge is 0.266 e. The number of methoxy groups -OCH3 is 1. The van der Waals surface area contributed by atoms with Crippen LogP contribution >= 0.6 is 11.8 Å². The predicted molar refractivity (Wildman–Crippen MR) is 134 cm³/mol. The molecule has 0 atom stereocenters. The maximum absolute atomic E-state index is 12.9. The first-order chi connectivity index (χ1) is 15.8. The topological polar surface area (TPSA) is 80.2 Å². The number of para-hydroxylation sites is 1. The average Bonchev–Trinajstić information content (AvgIpc) is 3.07. The third-order valence-corrected chi connectivity index (χ3v) is 5.62. The molecule has 1 aliphatic rings. The van der Waals surface area contributed by atoms with Crippen LogP contribution in [0.1, 0.15) is 33.3 Å². The van der Waals surface area contributed by atoms with Gasteiger partial charge in [0, 0.05) is 17.8 Å². The zero-order chi connectivity index (χ0) is 24.0. The molecule has 0 aliphatic carbocycles. The summed E-state index contributed by atoms with van der Waals surface area (Å²) in [5, 5.41) is 3.49. The van der Waals surface area contributed by atoms with Crippen LogP contribution in [0.5, 0.6) is 11.5 Å². The molecule has 0 radical (unpaired) electrons. The van der Waals surface area contributed by atoms with E-state index in [1.807, 2.05) is 58.0 Å². The zero-order valence-corrected chi connectivity index (χ0v) is 20.3. The summed E-state index contributed by atoms with van der Waals surface area (Å²) in [6.45, 7) is 7.77. The molecule has 7 nitrogen and oxygen atoms in total. The van der Waals surface area contributed by atoms with Crippen molar-refractivity contribution in [2.75, 3.05) is 19.0 Å². The molecule has 174 valence electrons. The van der Waals surface area contributed by atoms with E-state index in [0.717, 1.165) is 5.56 Å². The molecular weight excluding hydrogens is 438 g/mol. The van der Waals surface area contributed by atoms with Crippen molar-refractivity contribution in [3.63, 3.8) is 0 Å². The van der Waals surface area contributed by atoms with Gasteiger partial charge in [0.2, 0.25) is 0 Å². The molecule has 2 amide bonds. The zero-order valence-electron chi connectivity index (χ0n) is 19.5. The number of ether oxygens (including phenoxy) is 2. The Balaban J connectivity index is 1.73. The summed E-state index contributed by atoms with van der Waals surface area (Å²) in [5.41, 5.74) is 1.49. The fourth-order valence-electron chi connectivity index (χ4n) is 3.16. The summed E-state index contributed by atoms with van der Waals surface area (Å²) in [5.74, 6) is 0.586. The van der Waals surface area contributed by atoms with E-state index >= 15 is 0 Å². The number of rotatable bonds is 8. The van der Waals surface area contributed by atoms with E-state index in [1.54, 1.807) is 29.2 Å². The monoisotopic (exact) mass is 467 g/mol. The van der Waals surface area contributed by atoms with E-state index < -0.39 is 0 Å². The van der Waals surface area contributed by atoms with Crippen molar-refractivity contribution < 1.29 is 19.1 Å². The number of hydrogen-bond acceptors (Lipinski definition) is 6. The number of benzene rings is 2. The maximum atomic E-state index is 12.9. The minimum Gasteiger partial charge on any atom is -0.493 e. The van der Waals surface area contributed by atoms with Gasteiger partial charge in [-0.3, -0.25) is 19.5 Å². The molecule has 0 saturated carbocycles. The van der Waals surface area contributed by atoms with Gasteiger partial charge in [0.1, 0.15) is 0 Å². The van der Waals surface area contributed by atoms with Gasteiger partial charge in [-0.1, -0.05) is 24.3 Å². The molecule has 0 unspecified atom stereocenters. The average molecular weight is 468 g/mol. The van der Waals surface area contributed by atoms with Gasteiger partial charge in [-0.25, -0.2) is 0 Å². The molecular formula is C25H29N3O4S. The van der Waals surface area contributed by atoms with Crippen LogP contribution in [0.4, 0.5) is 5.69 Å². The molecule has 0 aromatic heterocycles. The van der Waals surface area contributed by atoms with Crippen molar-refractivity contribution in [1.82, 2.24) is 4.90 Å². The van der Waals surface area contributed by atoms with Crippen LogP contribution in [-0.4, -0.2) is 47.7 Å². The molecule has 0 bridgehead atoms. The Morgan fingerprint density at radius 3 is 2.48 bits per heavy atom. The van der Waals surface area contributed by atoms with Crippen molar-refractivity contribution >= 4 is 40.5 Å². The minimum absolute atomic E-state index is 0.0146. The second-order valence-corrected chi connectivity index (χ2v) is 9.01. The van der Waals surface area contributed by atoms with Crippen molar-refractivity contribution in [1.29, 1.82) is 0 Å². The number of anilines is 1. The standard InChI is InChI=1S/C25H29N3O4S/c1-16(2)26-25-28(17(3)4)24(30)22(33-25)14-18-11-12-20(21(13-18)31-5)32-15-23(29)27-19-9-7-6-8-10-19/h6-14,16-17H,15H2,1-5H3,(H,27,29)/b22-14+,26-25?. The van der Waals surface area contributed by atoms with Crippen molar-refractivity contribution in [3.05, 3.63) is 59.0 Å². The van der Waals surface area contributed by atoms with Crippen LogP contribution in [0, 0.1) is 0 Å². The molecule has 1 fully saturated rings. The number of amides is 2. The van der Waals surface area contributed by atoms with E-state index in [2.05, 4.69) is 10.3 Å². The highest BCUT2D eigenvalue weighted by atomic mass is 32.2. The van der Waals surface area contributed by atoms with E-state index in [1.165, 1.54) is 18.9 Å². The SMILES string of the molecule is COc1cc(/C=C2/SC(=NC(C)C)N(C(C)C)C2=O)ccc1OCC(=O)Nc1ccccc1. The van der Waals surface area contributed by atoms with Crippen LogP contribution < -0.4 is 14.8 Å². The van der Waals surface area contributed by atoms with Gasteiger partial charge in [0.25, 0.3) is 11.8 Å². The first kappa shape index (κ1) is 24.4. The summed E-state index contributed by atoms with van der Waals surface area (Å²) >= 11 is 1.37. The fraction of sp³-hybridized carbons (Fsp3) is 0.320. The number of thioether (sulfide) groups is 1. The van der Waals surface area contributed by atoms with Gasteiger partial charge in [-0.2, -0.15) is 0 Å². The highest BCUT2D eigenvalue weighted by Gasteiger charge is 2.35. The highest BCUT2D eigenvalue weighted by Crippen LogP contribution is 2.36. The van der Waals surface area contributed by atoms with Crippen molar-refractivity contribution in [3.8, 4) is 11.5 Å². The first-order valence-electron chi connectivity index (χ1n) is 10.7. The largest absolute Gasteiger partial charge is 0.493 e. The Kier molecular flexibility index (Phi) is 8.16. The number of amidine groups is 1. The lowest BCUT2D eigenvalue weighted by Crippen LogP contribution is -2.35. The van der Waals surface area contributed by atoms with Crippen molar-refractivity contribution in [2.45, 2.75) is 39.8 Å². The second kappa shape index (κ2) is 11.0. The minimum atomic E-state index is -0.270. The Morgan fingerprint density at radius 1 is 1.12 bits per heavy atom. The molecule has 33 heavy (non-hydrogen) atoms. The lowest BCUT2D eigenvalue weighted by molar-refractivity contribution is -0.123. The Labute approximate surface area is 198 Å². The van der Waals surface area contributed by atoms with E-state index in [0.29, 0.717) is 27.3 Å². The van der Waals surface area contributed by atoms with Crippen LogP contribution in [0.3, 0.4) is 0 Å². The maximum Gasteiger partial charge on any atom is 0.266 e. The molecule has 1 N–H and O–H groups in total. The van der Waals surface area contributed by atoms with Gasteiger partial charge in [0.15, 0.2) is 23.3 Å². The first-order valence-corrected chi connectivity index (χ1v) is 11.6. The molecule has 1 aliphatic heterocycles. The predicted octanol–water partition coefficient (Wildman–Crippen LogP) is 4.80. The lowest BCUT2D eigenvalue weighted by Gasteiger charge is -2.20. The Morgan fingerprint density at radius 2 is 1.85 bits per heavy atom. The quantitative estimate of drug-likeness (QED) is 0.564. The molecule has 3 rings (SSSR count). The number of nitrogens with one attached hydrogen (secondary N) is 1. The van der Waals surface area contributed by atoms with Gasteiger partial charge >= 0.3 is 0 Å².